The Morgan fingerprint density at radius 3 is 1.30 bits per heavy atom. The SMILES string of the molecule is Cc1ccc(C(c2ccccc2)(c2ccccc2)c2ccccc2)nc1C. The molecule has 0 fully saturated rings. The van der Waals surface area contributed by atoms with E-state index in [1.807, 2.05) is 0 Å². The molecule has 0 bridgehead atoms. The van der Waals surface area contributed by atoms with E-state index in [2.05, 4.69) is 117 Å². The van der Waals surface area contributed by atoms with Gasteiger partial charge in [0.25, 0.3) is 0 Å². The first-order valence-electron chi connectivity index (χ1n) is 9.34. The summed E-state index contributed by atoms with van der Waals surface area (Å²) in [6.45, 7) is 4.20. The fourth-order valence-corrected chi connectivity index (χ4v) is 3.85. The zero-order chi connectivity index (χ0) is 18.7. The molecule has 0 aliphatic rings. The first kappa shape index (κ1) is 17.2. The third-order valence-electron chi connectivity index (χ3n) is 5.35. The van der Waals surface area contributed by atoms with Gasteiger partial charge in [-0.2, -0.15) is 0 Å². The van der Waals surface area contributed by atoms with Gasteiger partial charge in [0, 0.05) is 5.69 Å². The number of hydrogen-bond acceptors (Lipinski definition) is 1. The van der Waals surface area contributed by atoms with Gasteiger partial charge in [0.05, 0.1) is 11.1 Å². The van der Waals surface area contributed by atoms with Crippen molar-refractivity contribution >= 4 is 0 Å². The van der Waals surface area contributed by atoms with E-state index in [1.165, 1.54) is 22.3 Å². The largest absolute Gasteiger partial charge is 0.256 e. The summed E-state index contributed by atoms with van der Waals surface area (Å²) in [5.41, 5.74) is 6.53. The summed E-state index contributed by atoms with van der Waals surface area (Å²) in [4.78, 5) is 5.07. The molecule has 4 rings (SSSR count). The topological polar surface area (TPSA) is 12.9 Å². The Morgan fingerprint density at radius 1 is 0.519 bits per heavy atom. The third-order valence-corrected chi connectivity index (χ3v) is 5.35. The van der Waals surface area contributed by atoms with E-state index in [0.717, 1.165) is 11.4 Å². The molecular weight excluding hydrogens is 326 g/mol. The predicted molar refractivity (Wildman–Crippen MR) is 112 cm³/mol. The second-order valence-corrected chi connectivity index (χ2v) is 6.95. The van der Waals surface area contributed by atoms with Crippen LogP contribution in [0.25, 0.3) is 0 Å². The van der Waals surface area contributed by atoms with Crippen LogP contribution in [0.4, 0.5) is 0 Å². The smallest absolute Gasteiger partial charge is 0.0873 e. The summed E-state index contributed by atoms with van der Waals surface area (Å²) in [6.07, 6.45) is 0. The Balaban J connectivity index is 2.14. The van der Waals surface area contributed by atoms with Crippen LogP contribution in [-0.4, -0.2) is 4.98 Å². The molecule has 0 saturated carbocycles. The second-order valence-electron chi connectivity index (χ2n) is 6.95. The molecule has 0 amide bonds. The molecule has 0 unspecified atom stereocenters. The van der Waals surface area contributed by atoms with Gasteiger partial charge >= 0.3 is 0 Å². The van der Waals surface area contributed by atoms with Gasteiger partial charge in [-0.1, -0.05) is 97.1 Å². The van der Waals surface area contributed by atoms with Crippen LogP contribution in [0, 0.1) is 13.8 Å². The maximum atomic E-state index is 5.07. The fraction of sp³-hybridized carbons (Fsp3) is 0.115. The molecule has 0 N–H and O–H groups in total. The lowest BCUT2D eigenvalue weighted by Crippen LogP contribution is -2.32. The molecule has 0 spiro atoms. The lowest BCUT2D eigenvalue weighted by molar-refractivity contribution is 0.709. The molecule has 27 heavy (non-hydrogen) atoms. The van der Waals surface area contributed by atoms with Gasteiger partial charge < -0.3 is 0 Å². The van der Waals surface area contributed by atoms with E-state index in [0.29, 0.717) is 0 Å². The van der Waals surface area contributed by atoms with Gasteiger partial charge in [-0.3, -0.25) is 4.98 Å². The van der Waals surface area contributed by atoms with Crippen molar-refractivity contribution in [2.75, 3.05) is 0 Å². The molecule has 4 aromatic rings. The van der Waals surface area contributed by atoms with E-state index in [9.17, 15) is 0 Å². The molecule has 0 aliphatic carbocycles. The average Bonchev–Trinajstić information content (AvgIpc) is 2.74. The molecule has 0 radical (unpaired) electrons. The summed E-state index contributed by atoms with van der Waals surface area (Å²) < 4.78 is 0. The van der Waals surface area contributed by atoms with Gasteiger partial charge in [-0.15, -0.1) is 0 Å². The first-order chi connectivity index (χ1) is 13.2. The van der Waals surface area contributed by atoms with Crippen LogP contribution in [0.2, 0.25) is 0 Å². The minimum absolute atomic E-state index is 0.456. The Morgan fingerprint density at radius 2 is 0.926 bits per heavy atom. The minimum atomic E-state index is -0.456. The lowest BCUT2D eigenvalue weighted by atomic mass is 9.67. The molecule has 1 heteroatoms. The summed E-state index contributed by atoms with van der Waals surface area (Å²) in [5.74, 6) is 0. The maximum Gasteiger partial charge on any atom is 0.0873 e. The van der Waals surface area contributed by atoms with E-state index in [-0.39, 0.29) is 0 Å². The maximum absolute atomic E-state index is 5.07. The van der Waals surface area contributed by atoms with Crippen molar-refractivity contribution in [3.8, 4) is 0 Å². The molecule has 132 valence electrons. The summed E-state index contributed by atoms with van der Waals surface area (Å²) in [6, 6.07) is 36.4. The van der Waals surface area contributed by atoms with Gasteiger partial charge in [-0.05, 0) is 42.2 Å². The normalized spacial score (nSPS) is 11.3. The highest BCUT2D eigenvalue weighted by Crippen LogP contribution is 2.44. The fourth-order valence-electron chi connectivity index (χ4n) is 3.85. The van der Waals surface area contributed by atoms with Crippen molar-refractivity contribution in [3.63, 3.8) is 0 Å². The number of nitrogens with zero attached hydrogens (tertiary/aromatic N) is 1. The molecule has 1 nitrogen and oxygen atoms in total. The van der Waals surface area contributed by atoms with Crippen LogP contribution in [0.15, 0.2) is 103 Å². The van der Waals surface area contributed by atoms with Crippen molar-refractivity contribution in [2.24, 2.45) is 0 Å². The molecule has 0 aliphatic heterocycles. The van der Waals surface area contributed by atoms with E-state index in [1.54, 1.807) is 0 Å². The Kier molecular flexibility index (Phi) is 4.60. The van der Waals surface area contributed by atoms with Crippen LogP contribution >= 0.6 is 0 Å². The number of rotatable bonds is 4. The molecule has 1 heterocycles. The van der Waals surface area contributed by atoms with E-state index in [4.69, 9.17) is 4.98 Å². The van der Waals surface area contributed by atoms with Crippen molar-refractivity contribution in [1.82, 2.24) is 4.98 Å². The predicted octanol–water partition coefficient (Wildman–Crippen LogP) is 6.08. The van der Waals surface area contributed by atoms with Crippen LogP contribution in [0.5, 0.6) is 0 Å². The van der Waals surface area contributed by atoms with Crippen LogP contribution in [0.1, 0.15) is 33.6 Å². The van der Waals surface area contributed by atoms with Gasteiger partial charge in [-0.25, -0.2) is 0 Å². The standard InChI is InChI=1S/C26H23N/c1-20-18-19-25(27-21(20)2)26(22-12-6-3-7-13-22,23-14-8-4-9-15-23)24-16-10-5-11-17-24/h3-19H,1-2H3. The number of pyridine rings is 1. The van der Waals surface area contributed by atoms with Gasteiger partial charge in [0.1, 0.15) is 0 Å². The number of benzene rings is 3. The quantitative estimate of drug-likeness (QED) is 0.407. The first-order valence-corrected chi connectivity index (χ1v) is 9.34. The van der Waals surface area contributed by atoms with Crippen molar-refractivity contribution < 1.29 is 0 Å². The molecule has 1 aromatic heterocycles. The number of hydrogen-bond donors (Lipinski definition) is 0. The zero-order valence-electron chi connectivity index (χ0n) is 15.8. The third kappa shape index (κ3) is 2.96. The Hall–Kier alpha value is -3.19. The highest BCUT2D eigenvalue weighted by atomic mass is 14.7. The monoisotopic (exact) mass is 349 g/mol. The van der Waals surface area contributed by atoms with Gasteiger partial charge in [0.2, 0.25) is 0 Å². The summed E-state index contributed by atoms with van der Waals surface area (Å²) >= 11 is 0. The van der Waals surface area contributed by atoms with Gasteiger partial charge in [0.15, 0.2) is 0 Å². The molecular formula is C26H23N. The second kappa shape index (κ2) is 7.20. The van der Waals surface area contributed by atoms with Crippen molar-refractivity contribution in [3.05, 3.63) is 137 Å². The highest BCUT2D eigenvalue weighted by molar-refractivity contribution is 5.58. The number of aryl methyl sites for hydroxylation is 2. The van der Waals surface area contributed by atoms with Crippen LogP contribution < -0.4 is 0 Å². The summed E-state index contributed by atoms with van der Waals surface area (Å²) in [7, 11) is 0. The zero-order valence-corrected chi connectivity index (χ0v) is 15.8. The van der Waals surface area contributed by atoms with E-state index >= 15 is 0 Å². The van der Waals surface area contributed by atoms with Crippen molar-refractivity contribution in [1.29, 1.82) is 0 Å². The van der Waals surface area contributed by atoms with Crippen molar-refractivity contribution in [2.45, 2.75) is 19.3 Å². The minimum Gasteiger partial charge on any atom is -0.256 e. The highest BCUT2D eigenvalue weighted by Gasteiger charge is 2.39. The lowest BCUT2D eigenvalue weighted by Gasteiger charge is -2.36. The van der Waals surface area contributed by atoms with E-state index < -0.39 is 5.41 Å². The molecule has 0 atom stereocenters. The molecule has 3 aromatic carbocycles. The number of aromatic nitrogens is 1. The van der Waals surface area contributed by atoms with Crippen LogP contribution in [0.3, 0.4) is 0 Å². The van der Waals surface area contributed by atoms with Crippen LogP contribution in [-0.2, 0) is 5.41 Å². The summed E-state index contributed by atoms with van der Waals surface area (Å²) in [5, 5.41) is 0. The average molecular weight is 349 g/mol. The molecule has 0 saturated heterocycles. The Labute approximate surface area is 161 Å². The Bertz CT molecular complexity index is 925.